The fraction of sp³-hybridized carbons (Fsp3) is 0.524. The van der Waals surface area contributed by atoms with Gasteiger partial charge in [0.25, 0.3) is 5.56 Å². The molecule has 45 heavy (non-hydrogen) atoms. The first-order valence-electron chi connectivity index (χ1n) is 13.2. The Bertz CT molecular complexity index is 1850. The predicted molar refractivity (Wildman–Crippen MR) is 145 cm³/mol. The van der Waals surface area contributed by atoms with Gasteiger partial charge in [-0.1, -0.05) is 0 Å². The number of ether oxygens (including phenoxy) is 2. The molecule has 7 heterocycles. The maximum absolute atomic E-state index is 13.2. The first-order chi connectivity index (χ1) is 21.3. The molecule has 3 aromatic heterocycles. The molecule has 3 fully saturated rings. The van der Waals surface area contributed by atoms with Crippen molar-refractivity contribution < 1.29 is 56.7 Å². The number of hydrogen-bond donors (Lipinski definition) is 7. The highest BCUT2D eigenvalue weighted by Gasteiger charge is 2.54. The van der Waals surface area contributed by atoms with Crippen molar-refractivity contribution in [3.63, 3.8) is 0 Å². The van der Waals surface area contributed by atoms with E-state index in [1.54, 1.807) is 0 Å². The normalized spacial score (nSPS) is 38.6. The summed E-state index contributed by atoms with van der Waals surface area (Å²) in [5.74, 6) is -0.122. The van der Waals surface area contributed by atoms with Gasteiger partial charge in [0.2, 0.25) is 5.95 Å². The number of imidazole rings is 1. The number of aliphatic hydroxyl groups excluding tert-OH is 2. The van der Waals surface area contributed by atoms with Gasteiger partial charge in [-0.2, -0.15) is 4.98 Å². The van der Waals surface area contributed by atoms with Gasteiger partial charge in [-0.25, -0.2) is 24.1 Å². The molecule has 2 bridgehead atoms. The predicted octanol–water partition coefficient (Wildman–Crippen LogP) is -2.52. The molecule has 24 heteroatoms. The Morgan fingerprint density at radius 1 is 0.956 bits per heavy atom. The van der Waals surface area contributed by atoms with Gasteiger partial charge >= 0.3 is 15.6 Å². The van der Waals surface area contributed by atoms with Gasteiger partial charge in [0.15, 0.2) is 17.4 Å². The maximum Gasteiger partial charge on any atom is 0.472 e. The van der Waals surface area contributed by atoms with Crippen LogP contribution in [-0.2, 0) is 43.2 Å². The maximum atomic E-state index is 13.2. The van der Waals surface area contributed by atoms with Crippen molar-refractivity contribution in [1.29, 1.82) is 0 Å². The molecule has 0 spiro atoms. The molecule has 10 atom stereocenters. The second-order valence-electron chi connectivity index (χ2n) is 10.4. The standard InChI is InChI=1S/C21H25N9O13P2/c22-17-6-1-24-10(9(6)25-4-26-17)15-13(32)14-8(40-15)3-39-45(36,37)43-16-12(31)7(2-38-44(34,35)42-14)41-20(16)30-5-27-11-18(30)28-21(23)29-19(11)33/h4-5,7-8,12-16,20,31-32H,1-3H2,(H,34,35)(H,36,37)(H2,22,25,26)(H3,23,28,29,33)/t7-,8-,12-,13-,14-,15+,16-,20-/m1/s1. The quantitative estimate of drug-likeness (QED) is 0.138. The van der Waals surface area contributed by atoms with Crippen molar-refractivity contribution in [2.24, 2.45) is 4.99 Å². The Balaban J connectivity index is 1.19. The zero-order valence-corrected chi connectivity index (χ0v) is 24.4. The molecule has 3 saturated heterocycles. The summed E-state index contributed by atoms with van der Waals surface area (Å²) in [5, 5.41) is 22.2. The fourth-order valence-electron chi connectivity index (χ4n) is 5.52. The number of nitrogens with one attached hydrogen (secondary N) is 1. The highest BCUT2D eigenvalue weighted by molar-refractivity contribution is 7.47. The molecular weight excluding hydrogens is 648 g/mol. The van der Waals surface area contributed by atoms with Crippen LogP contribution in [0, 0.1) is 0 Å². The van der Waals surface area contributed by atoms with Crippen molar-refractivity contribution in [3.8, 4) is 0 Å². The van der Waals surface area contributed by atoms with Crippen LogP contribution >= 0.6 is 15.6 Å². The van der Waals surface area contributed by atoms with Crippen molar-refractivity contribution in [2.75, 3.05) is 24.7 Å². The largest absolute Gasteiger partial charge is 0.472 e. The SMILES string of the molecule is Nc1nc2c(ncn2[C@@H]2O[C@@H]3COP(=O)(O)O[C@H]4[C@@H](O)[C@H](C5=NCc6c(N)ncnc65)O[C@@H]4COP(=O)(O)O[C@@H]2[C@@H]3O)c(=O)[nH]1. The molecule has 242 valence electrons. The molecule has 0 aliphatic carbocycles. The first-order valence-corrected chi connectivity index (χ1v) is 16.2. The van der Waals surface area contributed by atoms with E-state index >= 15 is 0 Å². The number of aliphatic hydroxyl groups is 2. The number of nitrogens with two attached hydrogens (primary N) is 2. The molecular formula is C21H25N9O13P2. The van der Waals surface area contributed by atoms with Crippen LogP contribution in [-0.4, -0.2) is 111 Å². The molecule has 0 amide bonds. The summed E-state index contributed by atoms with van der Waals surface area (Å²) in [6, 6.07) is 0. The molecule has 4 aliphatic heterocycles. The molecule has 9 N–H and O–H groups in total. The lowest BCUT2D eigenvalue weighted by atomic mass is 10.0. The summed E-state index contributed by atoms with van der Waals surface area (Å²) in [6.07, 6.45) is -10.2. The van der Waals surface area contributed by atoms with Crippen molar-refractivity contribution in [3.05, 3.63) is 34.3 Å². The van der Waals surface area contributed by atoms with Crippen molar-refractivity contribution in [1.82, 2.24) is 29.5 Å². The third kappa shape index (κ3) is 5.37. The van der Waals surface area contributed by atoms with E-state index in [4.69, 9.17) is 39.0 Å². The van der Waals surface area contributed by atoms with Crippen LogP contribution in [0.1, 0.15) is 17.5 Å². The number of nitrogens with zero attached hydrogens (tertiary/aromatic N) is 6. The number of fused-ring (bicyclic) bond motifs is 5. The zero-order chi connectivity index (χ0) is 31.8. The summed E-state index contributed by atoms with van der Waals surface area (Å²) in [4.78, 5) is 56.2. The molecule has 0 aromatic carbocycles. The van der Waals surface area contributed by atoms with E-state index in [2.05, 4.69) is 29.9 Å². The van der Waals surface area contributed by atoms with Crippen LogP contribution in [0.2, 0.25) is 0 Å². The smallest absolute Gasteiger partial charge is 0.387 e. The van der Waals surface area contributed by atoms with Gasteiger partial charge < -0.3 is 40.9 Å². The van der Waals surface area contributed by atoms with Crippen LogP contribution in [0.3, 0.4) is 0 Å². The van der Waals surface area contributed by atoms with Crippen molar-refractivity contribution in [2.45, 2.75) is 55.5 Å². The summed E-state index contributed by atoms with van der Waals surface area (Å²) in [5.41, 5.74) is 11.5. The van der Waals surface area contributed by atoms with Crippen LogP contribution in [0.5, 0.6) is 0 Å². The Morgan fingerprint density at radius 2 is 1.67 bits per heavy atom. The van der Waals surface area contributed by atoms with Crippen LogP contribution in [0.15, 0.2) is 22.4 Å². The molecule has 7 rings (SSSR count). The minimum Gasteiger partial charge on any atom is -0.387 e. The summed E-state index contributed by atoms with van der Waals surface area (Å²) < 4.78 is 59.9. The minimum absolute atomic E-state index is 0.0763. The van der Waals surface area contributed by atoms with Gasteiger partial charge in [-0.3, -0.25) is 37.4 Å². The van der Waals surface area contributed by atoms with Gasteiger partial charge in [-0.15, -0.1) is 0 Å². The molecule has 2 unspecified atom stereocenters. The minimum atomic E-state index is -5.10. The van der Waals surface area contributed by atoms with E-state index in [1.165, 1.54) is 6.33 Å². The number of aromatic amines is 1. The van der Waals surface area contributed by atoms with Crippen molar-refractivity contribution >= 4 is 44.3 Å². The second-order valence-corrected chi connectivity index (χ2v) is 13.2. The number of nitrogen functional groups attached to an aromatic ring is 2. The summed E-state index contributed by atoms with van der Waals surface area (Å²) in [6.45, 7) is -1.55. The van der Waals surface area contributed by atoms with E-state index in [9.17, 15) is 33.9 Å². The van der Waals surface area contributed by atoms with E-state index in [0.717, 1.165) is 10.9 Å². The average molecular weight is 673 g/mol. The van der Waals surface area contributed by atoms with Gasteiger partial charge in [0.05, 0.1) is 37.5 Å². The molecule has 3 aromatic rings. The van der Waals surface area contributed by atoms with E-state index in [0.29, 0.717) is 5.56 Å². The number of phosphoric acid groups is 2. The number of hydrogen-bond acceptors (Lipinski definition) is 18. The summed E-state index contributed by atoms with van der Waals surface area (Å²) >= 11 is 0. The molecule has 22 nitrogen and oxygen atoms in total. The lowest BCUT2D eigenvalue weighted by molar-refractivity contribution is -0.0628. The zero-order valence-electron chi connectivity index (χ0n) is 22.6. The number of rotatable bonds is 2. The second kappa shape index (κ2) is 10.9. The van der Waals surface area contributed by atoms with Crippen LogP contribution in [0.25, 0.3) is 11.2 Å². The third-order valence-corrected chi connectivity index (χ3v) is 9.55. The highest BCUT2D eigenvalue weighted by Crippen LogP contribution is 2.53. The summed E-state index contributed by atoms with van der Waals surface area (Å²) in [7, 11) is -10.2. The van der Waals surface area contributed by atoms with E-state index in [-0.39, 0.29) is 40.9 Å². The number of phosphoric ester groups is 2. The van der Waals surface area contributed by atoms with Gasteiger partial charge in [0, 0.05) is 5.56 Å². The lowest BCUT2D eigenvalue weighted by Crippen LogP contribution is -2.39. The number of anilines is 2. The fourth-order valence-corrected chi connectivity index (χ4v) is 7.42. The van der Waals surface area contributed by atoms with Gasteiger partial charge in [-0.05, 0) is 0 Å². The highest BCUT2D eigenvalue weighted by atomic mass is 31.2. The average Bonchev–Trinajstić information content (AvgIpc) is 3.72. The molecule has 0 saturated carbocycles. The van der Waals surface area contributed by atoms with E-state index < -0.39 is 83.4 Å². The molecule has 0 radical (unpaired) electrons. The Morgan fingerprint density at radius 3 is 2.42 bits per heavy atom. The van der Waals surface area contributed by atoms with Crippen LogP contribution < -0.4 is 17.0 Å². The van der Waals surface area contributed by atoms with E-state index in [1.807, 2.05) is 0 Å². The monoisotopic (exact) mass is 673 g/mol. The topological polar surface area (TPSA) is 324 Å². The Hall–Kier alpha value is -3.24. The first kappa shape index (κ1) is 30.4. The third-order valence-electron chi connectivity index (χ3n) is 7.58. The number of H-pyrrole nitrogens is 1. The Kier molecular flexibility index (Phi) is 7.39. The van der Waals surface area contributed by atoms with Crippen LogP contribution in [0.4, 0.5) is 11.8 Å². The molecule has 4 aliphatic rings. The van der Waals surface area contributed by atoms with Gasteiger partial charge in [0.1, 0.15) is 54.9 Å². The Labute approximate surface area is 250 Å². The number of aliphatic imine (C=N–C) groups is 1. The lowest BCUT2D eigenvalue weighted by Gasteiger charge is -2.25. The number of aromatic nitrogens is 6.